The quantitative estimate of drug-likeness (QED) is 0.142. The predicted octanol–water partition coefficient (Wildman–Crippen LogP) is 0.214. The summed E-state index contributed by atoms with van der Waals surface area (Å²) in [5.41, 5.74) is 4.83. The topological polar surface area (TPSA) is 207 Å². The number of Topliss-reactive ketones (excluding diaryl/α,β-unsaturated/α-hetero) is 1. The SMILES string of the molecule is Nc1nc(/C(=N\OCc2cc(=O)c(O)cn2O)C(=O)C[C@H]2CCC(CC(=O)O)OB2O)cs1. The number of ketones is 1. The van der Waals surface area contributed by atoms with E-state index in [9.17, 15) is 29.7 Å². The maximum absolute atomic E-state index is 12.9. The molecule has 0 saturated carbocycles. The first-order chi connectivity index (χ1) is 15.6. The molecule has 1 unspecified atom stereocenters. The van der Waals surface area contributed by atoms with Crippen LogP contribution in [0.25, 0.3) is 0 Å². The van der Waals surface area contributed by atoms with E-state index in [2.05, 4.69) is 10.1 Å². The lowest BCUT2D eigenvalue weighted by Crippen LogP contribution is -2.38. The van der Waals surface area contributed by atoms with Gasteiger partial charge in [-0.25, -0.2) is 4.98 Å². The van der Waals surface area contributed by atoms with Crippen molar-refractivity contribution < 1.29 is 39.5 Å². The van der Waals surface area contributed by atoms with E-state index in [1.165, 1.54) is 5.38 Å². The van der Waals surface area contributed by atoms with E-state index in [0.29, 0.717) is 17.6 Å². The summed E-state index contributed by atoms with van der Waals surface area (Å²) in [7, 11) is -1.32. The van der Waals surface area contributed by atoms with Gasteiger partial charge in [0.25, 0.3) is 0 Å². The minimum Gasteiger partial charge on any atom is -0.503 e. The molecule has 0 amide bonds. The zero-order chi connectivity index (χ0) is 24.1. The Kier molecular flexibility index (Phi) is 7.68. The third kappa shape index (κ3) is 6.30. The Bertz CT molecular complexity index is 1120. The second kappa shape index (κ2) is 10.5. The number of carboxylic acid groups (broad SMARTS) is 1. The molecule has 0 spiro atoms. The van der Waals surface area contributed by atoms with Gasteiger partial charge in [-0.05, 0) is 12.8 Å². The molecule has 0 bridgehead atoms. The Morgan fingerprint density at radius 2 is 2.15 bits per heavy atom. The highest BCUT2D eigenvalue weighted by atomic mass is 32.1. The Morgan fingerprint density at radius 1 is 1.39 bits per heavy atom. The van der Waals surface area contributed by atoms with Gasteiger partial charge in [0.05, 0.1) is 18.7 Å². The van der Waals surface area contributed by atoms with E-state index in [-0.39, 0.29) is 35.1 Å². The van der Waals surface area contributed by atoms with Crippen LogP contribution in [0.4, 0.5) is 5.13 Å². The van der Waals surface area contributed by atoms with E-state index in [4.69, 9.17) is 20.3 Å². The van der Waals surface area contributed by atoms with Crippen LogP contribution >= 0.6 is 11.3 Å². The average molecular weight is 480 g/mol. The van der Waals surface area contributed by atoms with E-state index in [0.717, 1.165) is 23.6 Å². The number of thiazole rings is 1. The number of carboxylic acids is 1. The number of nitrogens with zero attached hydrogens (tertiary/aromatic N) is 3. The number of hydrogen-bond acceptors (Lipinski definition) is 12. The van der Waals surface area contributed by atoms with Gasteiger partial charge in [-0.2, -0.15) is 4.73 Å². The van der Waals surface area contributed by atoms with Gasteiger partial charge in [0.1, 0.15) is 11.4 Å². The lowest BCUT2D eigenvalue weighted by molar-refractivity contribution is -0.139. The van der Waals surface area contributed by atoms with E-state index >= 15 is 0 Å². The van der Waals surface area contributed by atoms with Crippen molar-refractivity contribution in [3.8, 4) is 5.75 Å². The van der Waals surface area contributed by atoms with Crippen molar-refractivity contribution >= 4 is 41.1 Å². The highest BCUT2D eigenvalue weighted by molar-refractivity contribution is 7.13. The summed E-state index contributed by atoms with van der Waals surface area (Å²) in [5.74, 6) is -2.83. The van der Waals surface area contributed by atoms with Crippen molar-refractivity contribution in [2.75, 3.05) is 5.73 Å². The van der Waals surface area contributed by atoms with Gasteiger partial charge in [-0.1, -0.05) is 5.16 Å². The molecule has 1 aliphatic heterocycles. The maximum Gasteiger partial charge on any atom is 0.458 e. The largest absolute Gasteiger partial charge is 0.503 e. The second-order valence-electron chi connectivity index (χ2n) is 7.35. The fourth-order valence-electron chi connectivity index (χ4n) is 3.26. The first-order valence-corrected chi connectivity index (χ1v) is 10.7. The van der Waals surface area contributed by atoms with Crippen LogP contribution in [-0.2, 0) is 25.7 Å². The highest BCUT2D eigenvalue weighted by Gasteiger charge is 2.38. The number of hydrogen-bond donors (Lipinski definition) is 5. The lowest BCUT2D eigenvalue weighted by atomic mass is 9.64. The molecule has 33 heavy (non-hydrogen) atoms. The highest BCUT2D eigenvalue weighted by Crippen LogP contribution is 2.31. The molecule has 0 radical (unpaired) electrons. The number of nitrogen functional groups attached to an aromatic ring is 1. The van der Waals surface area contributed by atoms with Crippen molar-refractivity contribution in [3.63, 3.8) is 0 Å². The van der Waals surface area contributed by atoms with Gasteiger partial charge in [-0.3, -0.25) is 14.4 Å². The molecule has 6 N–H and O–H groups in total. The molecule has 1 aliphatic rings. The number of anilines is 1. The van der Waals surface area contributed by atoms with E-state index in [1.54, 1.807) is 0 Å². The number of carbonyl (C=O) groups is 2. The molecule has 2 atom stereocenters. The fraction of sp³-hybridized carbons (Fsp3) is 0.389. The van der Waals surface area contributed by atoms with Gasteiger partial charge in [0.15, 0.2) is 29.0 Å². The molecule has 15 heteroatoms. The van der Waals surface area contributed by atoms with Crippen molar-refractivity contribution in [2.24, 2.45) is 5.16 Å². The van der Waals surface area contributed by atoms with Crippen molar-refractivity contribution in [1.82, 2.24) is 9.71 Å². The fourth-order valence-corrected chi connectivity index (χ4v) is 3.81. The number of carbonyl (C=O) groups excluding carboxylic acids is 1. The normalized spacial score (nSPS) is 18.8. The molecule has 2 aromatic rings. The summed E-state index contributed by atoms with van der Waals surface area (Å²) in [6.07, 6.45) is 0.458. The third-order valence-electron chi connectivity index (χ3n) is 4.93. The van der Waals surface area contributed by atoms with Crippen LogP contribution < -0.4 is 11.2 Å². The molecule has 176 valence electrons. The Balaban J connectivity index is 1.72. The number of pyridine rings is 1. The van der Waals surface area contributed by atoms with Crippen LogP contribution in [0.5, 0.6) is 5.75 Å². The van der Waals surface area contributed by atoms with Crippen LogP contribution in [0.15, 0.2) is 27.6 Å². The summed E-state index contributed by atoms with van der Waals surface area (Å²) >= 11 is 1.07. The summed E-state index contributed by atoms with van der Waals surface area (Å²) in [6.45, 7) is -0.408. The number of aromatic nitrogens is 2. The molecule has 13 nitrogen and oxygen atoms in total. The summed E-state index contributed by atoms with van der Waals surface area (Å²) in [5, 5.41) is 43.6. The number of aliphatic carboxylic acids is 1. The van der Waals surface area contributed by atoms with Crippen LogP contribution in [0, 0.1) is 0 Å². The second-order valence-corrected chi connectivity index (χ2v) is 8.24. The molecule has 2 aromatic heterocycles. The molecule has 3 rings (SSSR count). The minimum atomic E-state index is -1.32. The first-order valence-electron chi connectivity index (χ1n) is 9.77. The van der Waals surface area contributed by atoms with E-state index in [1.807, 2.05) is 0 Å². The van der Waals surface area contributed by atoms with E-state index < -0.39 is 48.6 Å². The number of rotatable bonds is 9. The number of aromatic hydroxyl groups is 1. The van der Waals surface area contributed by atoms with Gasteiger partial charge < -0.3 is 35.7 Å². The van der Waals surface area contributed by atoms with Crippen LogP contribution in [-0.4, -0.2) is 60.8 Å². The van der Waals surface area contributed by atoms with Crippen molar-refractivity contribution in [2.45, 2.75) is 44.2 Å². The summed E-state index contributed by atoms with van der Waals surface area (Å²) in [4.78, 5) is 44.5. The standard InChI is InChI=1S/C18H21BN4O9S/c20-18-21-12(8-33-18)17(22-31-7-10-4-13(24)15(26)6-23(10)30)14(25)3-9-1-2-11(5-16(27)28)32-19(9)29/h4,6,8-9,11,26,29-30H,1-3,5,7H2,(H2,20,21)(H,27,28)/b22-17+/t9-,11?/m1/s1. The van der Waals surface area contributed by atoms with Crippen LogP contribution in [0.3, 0.4) is 0 Å². The zero-order valence-electron chi connectivity index (χ0n) is 17.2. The monoisotopic (exact) mass is 480 g/mol. The van der Waals surface area contributed by atoms with Crippen molar-refractivity contribution in [3.05, 3.63) is 39.3 Å². The zero-order valence-corrected chi connectivity index (χ0v) is 18.0. The minimum absolute atomic E-state index is 0.0354. The first kappa shape index (κ1) is 24.2. The molecule has 0 aliphatic carbocycles. The third-order valence-corrected chi connectivity index (χ3v) is 5.60. The number of oxime groups is 1. The summed E-state index contributed by atoms with van der Waals surface area (Å²) in [6, 6.07) is 0.941. The van der Waals surface area contributed by atoms with Crippen molar-refractivity contribution in [1.29, 1.82) is 0 Å². The molecular formula is C18H21BN4O9S. The number of nitrogens with two attached hydrogens (primary N) is 1. The molecule has 3 heterocycles. The Hall–Kier alpha value is -3.43. The van der Waals surface area contributed by atoms with Crippen LogP contribution in [0.2, 0.25) is 5.82 Å². The summed E-state index contributed by atoms with van der Waals surface area (Å²) < 4.78 is 5.79. The predicted molar refractivity (Wildman–Crippen MR) is 115 cm³/mol. The van der Waals surface area contributed by atoms with Gasteiger partial charge in [0, 0.05) is 23.7 Å². The lowest BCUT2D eigenvalue weighted by Gasteiger charge is -2.30. The smallest absolute Gasteiger partial charge is 0.458 e. The molecule has 1 saturated heterocycles. The molecule has 1 fully saturated rings. The maximum atomic E-state index is 12.9. The van der Waals surface area contributed by atoms with Gasteiger partial charge in [-0.15, -0.1) is 11.3 Å². The average Bonchev–Trinajstić information content (AvgIpc) is 3.16. The van der Waals surface area contributed by atoms with Gasteiger partial charge >= 0.3 is 13.1 Å². The van der Waals surface area contributed by atoms with Gasteiger partial charge in [0.2, 0.25) is 5.43 Å². The Morgan fingerprint density at radius 3 is 2.79 bits per heavy atom. The Labute approximate surface area is 190 Å². The molecular weight excluding hydrogens is 459 g/mol. The molecule has 0 aromatic carbocycles. The van der Waals surface area contributed by atoms with Crippen LogP contribution in [0.1, 0.15) is 37.1 Å².